The van der Waals surface area contributed by atoms with Gasteiger partial charge in [0.1, 0.15) is 0 Å². The van der Waals surface area contributed by atoms with Crippen molar-refractivity contribution >= 4 is 51.5 Å². The van der Waals surface area contributed by atoms with Crippen molar-refractivity contribution in [2.75, 3.05) is 17.2 Å². The van der Waals surface area contributed by atoms with Crippen LogP contribution in [0.3, 0.4) is 0 Å². The van der Waals surface area contributed by atoms with Crippen molar-refractivity contribution in [2.45, 2.75) is 13.3 Å². The number of esters is 1. The highest BCUT2D eigenvalue weighted by atomic mass is 35.5. The molecule has 0 spiro atoms. The predicted octanol–water partition coefficient (Wildman–Crippen LogP) is 4.41. The summed E-state index contributed by atoms with van der Waals surface area (Å²) < 4.78 is 4.92. The van der Waals surface area contributed by atoms with Crippen molar-refractivity contribution in [1.29, 1.82) is 0 Å². The molecule has 0 saturated carbocycles. The third kappa shape index (κ3) is 5.88. The minimum atomic E-state index is -0.411. The molecule has 2 amide bonds. The summed E-state index contributed by atoms with van der Waals surface area (Å²) in [6, 6.07) is 12.9. The predicted molar refractivity (Wildman–Crippen MR) is 116 cm³/mol. The van der Waals surface area contributed by atoms with E-state index in [0.717, 1.165) is 0 Å². The Bertz CT molecular complexity index is 1050. The smallest absolute Gasteiger partial charge is 0.338 e. The summed E-state index contributed by atoms with van der Waals surface area (Å²) >= 11 is 7.05. The van der Waals surface area contributed by atoms with E-state index in [4.69, 9.17) is 16.3 Å². The zero-order valence-corrected chi connectivity index (χ0v) is 17.5. The van der Waals surface area contributed by atoms with Crippen LogP contribution in [0.15, 0.2) is 53.9 Å². The van der Waals surface area contributed by atoms with E-state index in [2.05, 4.69) is 15.6 Å². The second kappa shape index (κ2) is 10.00. The van der Waals surface area contributed by atoms with Crippen molar-refractivity contribution in [3.63, 3.8) is 0 Å². The van der Waals surface area contributed by atoms with Crippen LogP contribution >= 0.6 is 22.9 Å². The van der Waals surface area contributed by atoms with E-state index in [1.165, 1.54) is 11.3 Å². The largest absolute Gasteiger partial charge is 0.462 e. The number of thiazole rings is 1. The van der Waals surface area contributed by atoms with Gasteiger partial charge in [0.25, 0.3) is 5.91 Å². The second-order valence-corrected chi connectivity index (χ2v) is 7.42. The molecule has 0 bridgehead atoms. The zero-order chi connectivity index (χ0) is 21.5. The van der Waals surface area contributed by atoms with Crippen LogP contribution < -0.4 is 10.6 Å². The number of hydrogen-bond acceptors (Lipinski definition) is 6. The first-order chi connectivity index (χ1) is 14.4. The maximum absolute atomic E-state index is 12.3. The van der Waals surface area contributed by atoms with E-state index in [1.54, 1.807) is 60.8 Å². The lowest BCUT2D eigenvalue weighted by molar-refractivity contribution is -0.115. The van der Waals surface area contributed by atoms with Gasteiger partial charge in [-0.1, -0.05) is 11.6 Å². The topological polar surface area (TPSA) is 97.4 Å². The highest BCUT2D eigenvalue weighted by Crippen LogP contribution is 2.18. The lowest BCUT2D eigenvalue weighted by Gasteiger charge is -2.06. The van der Waals surface area contributed by atoms with Gasteiger partial charge in [-0.25, -0.2) is 9.78 Å². The van der Waals surface area contributed by atoms with Crippen LogP contribution in [0.1, 0.15) is 33.3 Å². The number of anilines is 2. The normalized spacial score (nSPS) is 10.3. The molecule has 2 aromatic carbocycles. The third-order valence-electron chi connectivity index (χ3n) is 3.90. The van der Waals surface area contributed by atoms with Crippen LogP contribution in [0, 0.1) is 0 Å². The summed E-state index contributed by atoms with van der Waals surface area (Å²) in [4.78, 5) is 40.4. The molecule has 0 aliphatic heterocycles. The van der Waals surface area contributed by atoms with Gasteiger partial charge in [-0.2, -0.15) is 0 Å². The van der Waals surface area contributed by atoms with Crippen LogP contribution in [0.4, 0.5) is 10.8 Å². The van der Waals surface area contributed by atoms with Crippen molar-refractivity contribution in [2.24, 2.45) is 0 Å². The Labute approximate surface area is 182 Å². The number of nitrogens with zero attached hydrogens (tertiary/aromatic N) is 1. The van der Waals surface area contributed by atoms with E-state index in [1.807, 2.05) is 0 Å². The molecule has 7 nitrogen and oxygen atoms in total. The molecule has 30 heavy (non-hydrogen) atoms. The fourth-order valence-corrected chi connectivity index (χ4v) is 3.32. The van der Waals surface area contributed by atoms with Crippen LogP contribution in [-0.2, 0) is 16.0 Å². The van der Waals surface area contributed by atoms with Crippen LogP contribution in [-0.4, -0.2) is 29.4 Å². The standard InChI is InChI=1S/C21H18ClN3O4S/c1-2-29-20(28)14-5-9-16(10-6-14)23-18(26)11-17-12-30-21(24-17)25-19(27)13-3-7-15(22)8-4-13/h3-10,12H,2,11H2,1H3,(H,23,26)(H,24,25,27). The molecule has 0 aliphatic rings. The number of amides is 2. The lowest BCUT2D eigenvalue weighted by atomic mass is 10.2. The van der Waals surface area contributed by atoms with Gasteiger partial charge in [0, 0.05) is 21.7 Å². The molecule has 3 rings (SSSR count). The Kier molecular flexibility index (Phi) is 7.16. The molecule has 0 aliphatic carbocycles. The van der Waals surface area contributed by atoms with Gasteiger partial charge in [-0.05, 0) is 55.5 Å². The van der Waals surface area contributed by atoms with E-state index in [9.17, 15) is 14.4 Å². The Morgan fingerprint density at radius 3 is 2.33 bits per heavy atom. The third-order valence-corrected chi connectivity index (χ3v) is 4.96. The average Bonchev–Trinajstić information content (AvgIpc) is 3.15. The summed E-state index contributed by atoms with van der Waals surface area (Å²) in [6.45, 7) is 2.03. The number of ether oxygens (including phenoxy) is 1. The maximum atomic E-state index is 12.3. The van der Waals surface area contributed by atoms with Crippen molar-refractivity contribution in [1.82, 2.24) is 4.98 Å². The van der Waals surface area contributed by atoms with Crippen LogP contribution in [0.2, 0.25) is 5.02 Å². The molecule has 9 heteroatoms. The highest BCUT2D eigenvalue weighted by Gasteiger charge is 2.12. The lowest BCUT2D eigenvalue weighted by Crippen LogP contribution is -2.15. The molecule has 0 atom stereocenters. The number of nitrogens with one attached hydrogen (secondary N) is 2. The second-order valence-electron chi connectivity index (χ2n) is 6.13. The Hall–Kier alpha value is -3.23. The van der Waals surface area contributed by atoms with Gasteiger partial charge in [-0.15, -0.1) is 11.3 Å². The molecular formula is C21H18ClN3O4S. The van der Waals surface area contributed by atoms with Gasteiger partial charge < -0.3 is 10.1 Å². The van der Waals surface area contributed by atoms with E-state index < -0.39 is 5.97 Å². The van der Waals surface area contributed by atoms with Crippen molar-refractivity contribution in [3.05, 3.63) is 75.8 Å². The summed E-state index contributed by atoms with van der Waals surface area (Å²) in [5, 5.41) is 8.10. The van der Waals surface area contributed by atoms with Gasteiger partial charge in [0.15, 0.2) is 5.13 Å². The maximum Gasteiger partial charge on any atom is 0.338 e. The Morgan fingerprint density at radius 2 is 1.67 bits per heavy atom. The fourth-order valence-electron chi connectivity index (χ4n) is 2.49. The molecule has 0 radical (unpaired) electrons. The highest BCUT2D eigenvalue weighted by molar-refractivity contribution is 7.14. The van der Waals surface area contributed by atoms with Crippen LogP contribution in [0.25, 0.3) is 0 Å². The number of carbonyl (C=O) groups is 3. The minimum Gasteiger partial charge on any atom is -0.462 e. The summed E-state index contributed by atoms with van der Waals surface area (Å²) in [6.07, 6.45) is 0.0486. The van der Waals surface area contributed by atoms with Gasteiger partial charge in [0.2, 0.25) is 5.91 Å². The first kappa shape index (κ1) is 21.5. The molecule has 0 saturated heterocycles. The number of halogens is 1. The SMILES string of the molecule is CCOC(=O)c1ccc(NC(=O)Cc2csc(NC(=O)c3ccc(Cl)cc3)n2)cc1. The number of rotatable bonds is 7. The molecular weight excluding hydrogens is 426 g/mol. The van der Waals surface area contributed by atoms with Crippen LogP contribution in [0.5, 0.6) is 0 Å². The number of benzene rings is 2. The summed E-state index contributed by atoms with van der Waals surface area (Å²) in [5.41, 5.74) is 1.96. The molecule has 2 N–H and O–H groups in total. The summed E-state index contributed by atoms with van der Waals surface area (Å²) in [7, 11) is 0. The van der Waals surface area contributed by atoms with Gasteiger partial charge in [-0.3, -0.25) is 14.9 Å². The molecule has 0 fully saturated rings. The number of aromatic nitrogens is 1. The molecule has 1 heterocycles. The quantitative estimate of drug-likeness (QED) is 0.527. The first-order valence-electron chi connectivity index (χ1n) is 9.03. The monoisotopic (exact) mass is 443 g/mol. The molecule has 154 valence electrons. The minimum absolute atomic E-state index is 0.0486. The van der Waals surface area contributed by atoms with Gasteiger partial charge >= 0.3 is 5.97 Å². The van der Waals surface area contributed by atoms with E-state index in [0.29, 0.717) is 39.3 Å². The molecule has 0 unspecified atom stereocenters. The van der Waals surface area contributed by atoms with Crippen molar-refractivity contribution < 1.29 is 19.1 Å². The Balaban J connectivity index is 1.54. The summed E-state index contributed by atoms with van der Waals surface area (Å²) in [5.74, 6) is -0.982. The van der Waals surface area contributed by atoms with E-state index >= 15 is 0 Å². The molecule has 1 aromatic heterocycles. The molecule has 3 aromatic rings. The first-order valence-corrected chi connectivity index (χ1v) is 10.3. The Morgan fingerprint density at radius 1 is 1.00 bits per heavy atom. The number of carbonyl (C=O) groups excluding carboxylic acids is 3. The van der Waals surface area contributed by atoms with Crippen molar-refractivity contribution in [3.8, 4) is 0 Å². The van der Waals surface area contributed by atoms with Gasteiger partial charge in [0.05, 0.1) is 24.3 Å². The zero-order valence-electron chi connectivity index (χ0n) is 16.0. The fraction of sp³-hybridized carbons (Fsp3) is 0.143. The average molecular weight is 444 g/mol. The van der Waals surface area contributed by atoms with E-state index in [-0.39, 0.29) is 18.2 Å². The number of hydrogen-bond donors (Lipinski definition) is 2.